The van der Waals surface area contributed by atoms with E-state index in [1.807, 2.05) is 6.07 Å². The molecular formula is C16H15NO4. The van der Waals surface area contributed by atoms with Crippen LogP contribution in [0.3, 0.4) is 0 Å². The number of ketones is 1. The van der Waals surface area contributed by atoms with E-state index in [1.165, 1.54) is 26.4 Å². The number of carbonyl (C=O) groups excluding carboxylic acids is 1. The molecule has 5 heteroatoms. The van der Waals surface area contributed by atoms with Crippen molar-refractivity contribution < 1.29 is 19.4 Å². The van der Waals surface area contributed by atoms with E-state index in [1.54, 1.807) is 30.6 Å². The minimum absolute atomic E-state index is 0.0958. The molecule has 0 radical (unpaired) electrons. The van der Waals surface area contributed by atoms with Crippen molar-refractivity contribution in [1.29, 1.82) is 0 Å². The lowest BCUT2D eigenvalue weighted by atomic mass is 10.1. The molecule has 108 valence electrons. The summed E-state index contributed by atoms with van der Waals surface area (Å²) in [6.07, 6.45) is 6.27. The number of hydrogen-bond donors (Lipinski definition) is 1. The second-order valence-electron chi connectivity index (χ2n) is 4.21. The highest BCUT2D eigenvalue weighted by Crippen LogP contribution is 2.33. The average Bonchev–Trinajstić information content (AvgIpc) is 2.52. The molecular weight excluding hydrogens is 270 g/mol. The molecule has 21 heavy (non-hydrogen) atoms. The molecule has 2 aromatic rings. The summed E-state index contributed by atoms with van der Waals surface area (Å²) in [6.45, 7) is 0. The Morgan fingerprint density at radius 2 is 2.10 bits per heavy atom. The second kappa shape index (κ2) is 6.56. The van der Waals surface area contributed by atoms with Gasteiger partial charge in [0.1, 0.15) is 22.8 Å². The van der Waals surface area contributed by atoms with E-state index in [4.69, 9.17) is 9.47 Å². The van der Waals surface area contributed by atoms with E-state index >= 15 is 0 Å². The number of phenolic OH excluding ortho intramolecular Hbond substituents is 1. The minimum atomic E-state index is -0.365. The first-order valence-electron chi connectivity index (χ1n) is 6.23. The Morgan fingerprint density at radius 1 is 1.29 bits per heavy atom. The first-order valence-corrected chi connectivity index (χ1v) is 6.23. The molecule has 0 atom stereocenters. The molecule has 1 heterocycles. The summed E-state index contributed by atoms with van der Waals surface area (Å²) >= 11 is 0. The Bertz CT molecular complexity index is 665. The van der Waals surface area contributed by atoms with Crippen molar-refractivity contribution in [2.45, 2.75) is 0 Å². The maximum absolute atomic E-state index is 12.2. The Kier molecular flexibility index (Phi) is 4.56. The number of allylic oxidation sites excluding steroid dienone is 1. The van der Waals surface area contributed by atoms with Gasteiger partial charge in [-0.3, -0.25) is 9.78 Å². The number of hydrogen-bond acceptors (Lipinski definition) is 5. The summed E-state index contributed by atoms with van der Waals surface area (Å²) in [6, 6.07) is 6.51. The lowest BCUT2D eigenvalue weighted by Crippen LogP contribution is -2.00. The van der Waals surface area contributed by atoms with Crippen LogP contribution in [0.2, 0.25) is 0 Å². The van der Waals surface area contributed by atoms with E-state index in [2.05, 4.69) is 4.98 Å². The van der Waals surface area contributed by atoms with Crippen molar-refractivity contribution in [1.82, 2.24) is 4.98 Å². The number of ether oxygens (including phenoxy) is 2. The van der Waals surface area contributed by atoms with E-state index in [9.17, 15) is 9.90 Å². The molecule has 0 saturated carbocycles. The van der Waals surface area contributed by atoms with E-state index in [-0.39, 0.29) is 22.8 Å². The van der Waals surface area contributed by atoms with Gasteiger partial charge in [0.25, 0.3) is 0 Å². The standard InChI is InChI=1S/C16H15NO4/c1-20-12-8-14(19)16(15(9-12)21-2)13(18)6-5-11-4-3-7-17-10-11/h3-10,19H,1-2H3/b6-5+. The Balaban J connectivity index is 2.33. The molecule has 1 aromatic carbocycles. The van der Waals surface area contributed by atoms with Crippen molar-refractivity contribution >= 4 is 11.9 Å². The van der Waals surface area contributed by atoms with Crippen molar-refractivity contribution in [3.8, 4) is 17.2 Å². The van der Waals surface area contributed by atoms with Crippen LogP contribution in [0, 0.1) is 0 Å². The normalized spacial score (nSPS) is 10.6. The molecule has 1 aromatic heterocycles. The van der Waals surface area contributed by atoms with Crippen LogP contribution in [0.4, 0.5) is 0 Å². The third kappa shape index (κ3) is 3.39. The third-order valence-electron chi connectivity index (χ3n) is 2.87. The lowest BCUT2D eigenvalue weighted by Gasteiger charge is -2.10. The maximum Gasteiger partial charge on any atom is 0.193 e. The van der Waals surface area contributed by atoms with E-state index in [0.717, 1.165) is 5.56 Å². The highest BCUT2D eigenvalue weighted by Gasteiger charge is 2.17. The number of carbonyl (C=O) groups is 1. The topological polar surface area (TPSA) is 68.7 Å². The van der Waals surface area contributed by atoms with Crippen LogP contribution in [0.25, 0.3) is 6.08 Å². The molecule has 0 saturated heterocycles. The molecule has 0 fully saturated rings. The molecule has 1 N–H and O–H groups in total. The quantitative estimate of drug-likeness (QED) is 0.675. The number of aromatic nitrogens is 1. The van der Waals surface area contributed by atoms with Gasteiger partial charge in [-0.15, -0.1) is 0 Å². The predicted molar refractivity (Wildman–Crippen MR) is 78.8 cm³/mol. The molecule has 5 nitrogen and oxygen atoms in total. The Morgan fingerprint density at radius 3 is 2.71 bits per heavy atom. The largest absolute Gasteiger partial charge is 0.507 e. The molecule has 0 aliphatic rings. The highest BCUT2D eigenvalue weighted by molar-refractivity contribution is 6.10. The van der Waals surface area contributed by atoms with Crippen molar-refractivity contribution in [2.24, 2.45) is 0 Å². The van der Waals surface area contributed by atoms with Crippen molar-refractivity contribution in [3.05, 3.63) is 53.9 Å². The van der Waals surface area contributed by atoms with Crippen LogP contribution in [-0.4, -0.2) is 30.1 Å². The zero-order chi connectivity index (χ0) is 15.2. The van der Waals surface area contributed by atoms with Gasteiger partial charge in [0.15, 0.2) is 5.78 Å². The van der Waals surface area contributed by atoms with Crippen LogP contribution in [0.5, 0.6) is 17.2 Å². The smallest absolute Gasteiger partial charge is 0.193 e. The van der Waals surface area contributed by atoms with Crippen molar-refractivity contribution in [2.75, 3.05) is 14.2 Å². The Hall–Kier alpha value is -2.82. The van der Waals surface area contributed by atoms with Gasteiger partial charge in [-0.25, -0.2) is 0 Å². The molecule has 0 bridgehead atoms. The van der Waals surface area contributed by atoms with Gasteiger partial charge in [-0.1, -0.05) is 6.07 Å². The zero-order valence-electron chi connectivity index (χ0n) is 11.7. The monoisotopic (exact) mass is 285 g/mol. The summed E-state index contributed by atoms with van der Waals surface area (Å²) in [5, 5.41) is 9.97. The van der Waals surface area contributed by atoms with Gasteiger partial charge in [0, 0.05) is 24.5 Å². The number of benzene rings is 1. The first-order chi connectivity index (χ1) is 10.2. The maximum atomic E-state index is 12.2. The fourth-order valence-corrected chi connectivity index (χ4v) is 1.83. The fourth-order valence-electron chi connectivity index (χ4n) is 1.83. The lowest BCUT2D eigenvalue weighted by molar-refractivity contribution is 0.104. The van der Waals surface area contributed by atoms with Gasteiger partial charge in [-0.05, 0) is 23.8 Å². The van der Waals surface area contributed by atoms with Gasteiger partial charge < -0.3 is 14.6 Å². The van der Waals surface area contributed by atoms with Crippen LogP contribution in [0.15, 0.2) is 42.7 Å². The van der Waals surface area contributed by atoms with Gasteiger partial charge in [-0.2, -0.15) is 0 Å². The number of rotatable bonds is 5. The summed E-state index contributed by atoms with van der Waals surface area (Å²) in [5.74, 6) is 0.118. The van der Waals surface area contributed by atoms with Gasteiger partial charge >= 0.3 is 0 Å². The number of phenols is 1. The number of aromatic hydroxyl groups is 1. The number of pyridine rings is 1. The molecule has 2 rings (SSSR count). The zero-order valence-corrected chi connectivity index (χ0v) is 11.7. The van der Waals surface area contributed by atoms with Crippen LogP contribution in [-0.2, 0) is 0 Å². The van der Waals surface area contributed by atoms with Gasteiger partial charge in [0.2, 0.25) is 0 Å². The molecule has 0 aliphatic carbocycles. The Labute approximate surface area is 122 Å². The summed E-state index contributed by atoms with van der Waals surface area (Å²) < 4.78 is 10.2. The second-order valence-corrected chi connectivity index (χ2v) is 4.21. The third-order valence-corrected chi connectivity index (χ3v) is 2.87. The summed E-state index contributed by atoms with van der Waals surface area (Å²) in [7, 11) is 2.90. The molecule has 0 amide bonds. The van der Waals surface area contributed by atoms with Crippen LogP contribution in [0.1, 0.15) is 15.9 Å². The van der Waals surface area contributed by atoms with Crippen molar-refractivity contribution in [3.63, 3.8) is 0 Å². The molecule has 0 aliphatic heterocycles. The minimum Gasteiger partial charge on any atom is -0.507 e. The summed E-state index contributed by atoms with van der Waals surface area (Å²) in [4.78, 5) is 16.2. The first kappa shape index (κ1) is 14.6. The van der Waals surface area contributed by atoms with Crippen LogP contribution >= 0.6 is 0 Å². The molecule has 0 spiro atoms. The predicted octanol–water partition coefficient (Wildman–Crippen LogP) is 2.70. The average molecular weight is 285 g/mol. The SMILES string of the molecule is COc1cc(O)c(C(=O)/C=C/c2cccnc2)c(OC)c1. The number of nitrogens with zero attached hydrogens (tertiary/aromatic N) is 1. The number of methoxy groups -OCH3 is 2. The summed E-state index contributed by atoms with van der Waals surface area (Å²) in [5.41, 5.74) is 0.885. The highest BCUT2D eigenvalue weighted by atomic mass is 16.5. The van der Waals surface area contributed by atoms with Crippen LogP contribution < -0.4 is 9.47 Å². The molecule has 0 unspecified atom stereocenters. The van der Waals surface area contributed by atoms with E-state index < -0.39 is 0 Å². The van der Waals surface area contributed by atoms with E-state index in [0.29, 0.717) is 5.75 Å². The fraction of sp³-hybridized carbons (Fsp3) is 0.125. The van der Waals surface area contributed by atoms with Gasteiger partial charge in [0.05, 0.1) is 14.2 Å².